The molecule has 1 N–H and O–H groups in total. The van der Waals surface area contributed by atoms with Crippen molar-refractivity contribution >= 4 is 17.6 Å². The number of carboxylic acids is 1. The number of carbonyl (C=O) groups is 1. The first kappa shape index (κ1) is 15.7. The van der Waals surface area contributed by atoms with E-state index < -0.39 is 11.4 Å². The van der Waals surface area contributed by atoms with Crippen LogP contribution in [0.2, 0.25) is 5.15 Å². The molecule has 0 bridgehead atoms. The van der Waals surface area contributed by atoms with Gasteiger partial charge in [0.1, 0.15) is 5.15 Å². The van der Waals surface area contributed by atoms with E-state index in [2.05, 4.69) is 10.3 Å². The van der Waals surface area contributed by atoms with Crippen molar-refractivity contribution in [1.29, 1.82) is 0 Å². The maximum Gasteiger partial charge on any atom is 1.00 e. The minimum atomic E-state index is -0.834. The first-order chi connectivity index (χ1) is 7.65. The molecule has 0 radical (unpaired) electrons. The maximum atomic E-state index is 11.5. The van der Waals surface area contributed by atoms with Crippen LogP contribution in [0.3, 0.4) is 0 Å². The van der Waals surface area contributed by atoms with Gasteiger partial charge in [-0.3, -0.25) is 4.79 Å². The monoisotopic (exact) mass is 324 g/mol. The molecule has 1 aromatic rings. The molecule has 17 heavy (non-hydrogen) atoms. The molecule has 4 nitrogen and oxygen atoms in total. The fourth-order valence-corrected chi connectivity index (χ4v) is 2.17. The zero-order valence-corrected chi connectivity index (χ0v) is 15.4. The predicted molar refractivity (Wildman–Crippen MR) is 60.9 cm³/mol. The summed E-state index contributed by atoms with van der Waals surface area (Å²) in [5, 5.41) is 14.0. The van der Waals surface area contributed by atoms with Gasteiger partial charge in [0.05, 0.1) is 5.41 Å². The van der Waals surface area contributed by atoms with Crippen molar-refractivity contribution in [3.8, 4) is 0 Å². The van der Waals surface area contributed by atoms with Crippen molar-refractivity contribution in [2.75, 3.05) is 13.1 Å². The van der Waals surface area contributed by atoms with Crippen LogP contribution in [0.4, 0.5) is 0 Å². The van der Waals surface area contributed by atoms with Gasteiger partial charge in [0.25, 0.3) is 0 Å². The second-order valence-corrected chi connectivity index (χ2v) is 4.31. The Morgan fingerprint density at radius 2 is 2.06 bits per heavy atom. The van der Waals surface area contributed by atoms with Gasteiger partial charge in [0, 0.05) is 6.20 Å². The number of piperidine rings is 1. The van der Waals surface area contributed by atoms with E-state index in [4.69, 9.17) is 11.6 Å². The van der Waals surface area contributed by atoms with Gasteiger partial charge in [0.15, 0.2) is 0 Å². The molecule has 0 aromatic carbocycles. The average Bonchev–Trinajstić information content (AvgIpc) is 2.30. The minimum Gasteiger partial charge on any atom is -0.662 e. The Morgan fingerprint density at radius 1 is 1.41 bits per heavy atom. The Balaban J connectivity index is 0.00000144. The second-order valence-electron chi connectivity index (χ2n) is 3.93. The smallest absolute Gasteiger partial charge is 0.662 e. The second kappa shape index (κ2) is 6.73. The molecule has 0 unspecified atom stereocenters. The van der Waals surface area contributed by atoms with Gasteiger partial charge in [0.2, 0.25) is 0 Å². The third-order valence-electron chi connectivity index (χ3n) is 3.08. The molecule has 2 heterocycles. The first-order valence-electron chi connectivity index (χ1n) is 5.14. The van der Waals surface area contributed by atoms with E-state index in [0.29, 0.717) is 31.1 Å². The summed E-state index contributed by atoms with van der Waals surface area (Å²) in [6, 6.07) is 3.38. The fourth-order valence-electron chi connectivity index (χ4n) is 2.06. The molecule has 2 rings (SSSR count). The molecular formula is C11H12ClN2O2Rb. The van der Waals surface area contributed by atoms with Crippen LogP contribution in [0.1, 0.15) is 18.4 Å². The van der Waals surface area contributed by atoms with Crippen molar-refractivity contribution < 1.29 is 68.1 Å². The Hall–Kier alpha value is 0.675. The molecular weight excluding hydrogens is 313 g/mol. The zero-order valence-electron chi connectivity index (χ0n) is 9.69. The topological polar surface area (TPSA) is 64.3 Å². The van der Waals surface area contributed by atoms with Crippen LogP contribution in [-0.4, -0.2) is 29.1 Å². The number of rotatable bonds is 2. The van der Waals surface area contributed by atoms with Crippen molar-refractivity contribution in [2.24, 2.45) is 0 Å². The van der Waals surface area contributed by atoms with Gasteiger partial charge in [-0.1, -0.05) is 30.5 Å². The number of halogens is 1. The molecule has 0 atom stereocenters. The van der Waals surface area contributed by atoms with Gasteiger partial charge >= 0.3 is 64.2 Å². The number of pyridine rings is 1. The molecule has 0 spiro atoms. The van der Waals surface area contributed by atoms with Crippen LogP contribution in [0.15, 0.2) is 18.3 Å². The minimum absolute atomic E-state index is 0. The predicted octanol–water partition coefficient (Wildman–Crippen LogP) is -0.771. The van der Waals surface area contributed by atoms with Gasteiger partial charge in [-0.2, -0.15) is 0 Å². The molecule has 1 aliphatic heterocycles. The standard InChI is InChI=1S/C11H12ClN2O2.Rb/c12-9-2-1-8(7-14-9)11(10(15)16)3-5-13-6-4-11;/h1-2,7H,3-6H2,(H,15,16);/q-1;+1. The van der Waals surface area contributed by atoms with Crippen molar-refractivity contribution in [2.45, 2.75) is 18.3 Å². The molecule has 86 valence electrons. The summed E-state index contributed by atoms with van der Waals surface area (Å²) in [4.78, 5) is 15.4. The molecule has 0 saturated carbocycles. The van der Waals surface area contributed by atoms with Crippen LogP contribution >= 0.6 is 11.6 Å². The molecule has 1 saturated heterocycles. The van der Waals surface area contributed by atoms with E-state index in [1.807, 2.05) is 0 Å². The molecule has 1 aliphatic rings. The molecule has 0 amide bonds. The molecule has 1 aromatic heterocycles. The van der Waals surface area contributed by atoms with Crippen LogP contribution in [-0.2, 0) is 10.2 Å². The van der Waals surface area contributed by atoms with E-state index in [1.165, 1.54) is 0 Å². The van der Waals surface area contributed by atoms with Gasteiger partial charge in [-0.15, -0.1) is 13.1 Å². The van der Waals surface area contributed by atoms with Crippen LogP contribution < -0.4 is 58.2 Å². The van der Waals surface area contributed by atoms with Gasteiger partial charge < -0.3 is 10.4 Å². The van der Waals surface area contributed by atoms with E-state index >= 15 is 0 Å². The fraction of sp³-hybridized carbons (Fsp3) is 0.455. The average molecular weight is 325 g/mol. The quantitative estimate of drug-likeness (QED) is 0.727. The van der Waals surface area contributed by atoms with E-state index in [1.54, 1.807) is 18.3 Å². The van der Waals surface area contributed by atoms with Crippen LogP contribution in [0, 0.1) is 0 Å². The number of aliphatic carboxylic acids is 1. The van der Waals surface area contributed by atoms with E-state index in [0.717, 1.165) is 5.56 Å². The van der Waals surface area contributed by atoms with E-state index in [9.17, 15) is 9.90 Å². The van der Waals surface area contributed by atoms with E-state index in [-0.39, 0.29) is 58.2 Å². The van der Waals surface area contributed by atoms with Gasteiger partial charge in [-0.25, -0.2) is 4.98 Å². The number of aromatic nitrogens is 1. The summed E-state index contributed by atoms with van der Waals surface area (Å²) in [6.45, 7) is 1.18. The summed E-state index contributed by atoms with van der Waals surface area (Å²) < 4.78 is 0. The number of nitrogens with zero attached hydrogens (tertiary/aromatic N) is 2. The Labute approximate surface area is 154 Å². The van der Waals surface area contributed by atoms with Crippen LogP contribution in [0.5, 0.6) is 0 Å². The molecule has 1 fully saturated rings. The number of hydrogen-bond donors (Lipinski definition) is 1. The van der Waals surface area contributed by atoms with Crippen molar-refractivity contribution in [3.05, 3.63) is 34.4 Å². The third kappa shape index (κ3) is 3.36. The Bertz CT molecular complexity index is 391. The summed E-state index contributed by atoms with van der Waals surface area (Å²) in [5.41, 5.74) is -0.112. The Morgan fingerprint density at radius 3 is 2.53 bits per heavy atom. The maximum absolute atomic E-state index is 11.5. The summed E-state index contributed by atoms with van der Waals surface area (Å²) in [6.07, 6.45) is 2.62. The SMILES string of the molecule is O=C(O)C1(c2ccc(Cl)nc2)CC[N-]CC1.[Rb+]. The van der Waals surface area contributed by atoms with Crippen molar-refractivity contribution in [3.63, 3.8) is 0 Å². The summed E-state index contributed by atoms with van der Waals surface area (Å²) in [5.74, 6) is -0.800. The normalized spacial score (nSPS) is 18.2. The zero-order chi connectivity index (χ0) is 11.6. The molecule has 0 aliphatic carbocycles. The summed E-state index contributed by atoms with van der Waals surface area (Å²) in [7, 11) is 0. The largest absolute Gasteiger partial charge is 1.00 e. The van der Waals surface area contributed by atoms with Crippen LogP contribution in [0.25, 0.3) is 5.32 Å². The molecule has 6 heteroatoms. The third-order valence-corrected chi connectivity index (χ3v) is 3.31. The number of hydrogen-bond acceptors (Lipinski definition) is 2. The number of carboxylic acid groups (broad SMARTS) is 1. The van der Waals surface area contributed by atoms with Gasteiger partial charge in [-0.05, 0) is 11.6 Å². The summed E-state index contributed by atoms with van der Waals surface area (Å²) >= 11 is 5.70. The first-order valence-corrected chi connectivity index (χ1v) is 5.52. The Kier molecular flexibility index (Phi) is 6.23. The van der Waals surface area contributed by atoms with Crippen molar-refractivity contribution in [1.82, 2.24) is 4.98 Å².